The van der Waals surface area contributed by atoms with E-state index in [0.29, 0.717) is 11.6 Å². The Morgan fingerprint density at radius 2 is 0.917 bits per heavy atom. The maximum absolute atomic E-state index is 11.6. The molecule has 0 spiro atoms. The van der Waals surface area contributed by atoms with Crippen LogP contribution >= 0.6 is 0 Å². The Bertz CT molecular complexity index is 217. The number of ketones is 2. The molecule has 4 atom stereocenters. The molecule has 4 bridgehead atoms. The van der Waals surface area contributed by atoms with E-state index >= 15 is 0 Å². The van der Waals surface area contributed by atoms with Gasteiger partial charge in [0.2, 0.25) is 0 Å². The highest BCUT2D eigenvalue weighted by molar-refractivity contribution is 6.01. The number of carbonyl (C=O) groups is 2. The Hall–Kier alpha value is -0.660. The molecule has 2 nitrogen and oxygen atoms in total. The Balaban J connectivity index is 2.09. The SMILES string of the molecule is O=C1C2CCC1C1CCC2C1=O. The van der Waals surface area contributed by atoms with Crippen LogP contribution in [0.15, 0.2) is 0 Å². The summed E-state index contributed by atoms with van der Waals surface area (Å²) < 4.78 is 0. The van der Waals surface area contributed by atoms with E-state index in [1.807, 2.05) is 0 Å². The number of carbonyl (C=O) groups excluding carboxylic acids is 2. The molecule has 0 aromatic heterocycles. The molecule has 3 rings (SSSR count). The minimum absolute atomic E-state index is 0.140. The van der Waals surface area contributed by atoms with Gasteiger partial charge in [0.1, 0.15) is 11.6 Å². The Kier molecular flexibility index (Phi) is 1.12. The van der Waals surface area contributed by atoms with Gasteiger partial charge in [0.05, 0.1) is 0 Å². The van der Waals surface area contributed by atoms with Gasteiger partial charge in [-0.2, -0.15) is 0 Å². The first kappa shape index (κ1) is 6.81. The zero-order valence-electron chi connectivity index (χ0n) is 6.95. The minimum atomic E-state index is 0.140. The molecular formula is C10H12O2. The average Bonchev–Trinajstić information content (AvgIpc) is 2.41. The third kappa shape index (κ3) is 0.584. The van der Waals surface area contributed by atoms with Crippen LogP contribution in [0.2, 0.25) is 0 Å². The van der Waals surface area contributed by atoms with Crippen molar-refractivity contribution in [3.63, 3.8) is 0 Å². The van der Waals surface area contributed by atoms with Crippen molar-refractivity contribution in [3.8, 4) is 0 Å². The van der Waals surface area contributed by atoms with Gasteiger partial charge in [-0.15, -0.1) is 0 Å². The van der Waals surface area contributed by atoms with Gasteiger partial charge in [0.25, 0.3) is 0 Å². The van der Waals surface area contributed by atoms with E-state index in [9.17, 15) is 9.59 Å². The lowest BCUT2D eigenvalue weighted by molar-refractivity contribution is -0.139. The smallest absolute Gasteiger partial charge is 0.140 e. The van der Waals surface area contributed by atoms with Gasteiger partial charge in [-0.3, -0.25) is 9.59 Å². The lowest BCUT2D eigenvalue weighted by atomic mass is 9.78. The minimum Gasteiger partial charge on any atom is -0.299 e. The van der Waals surface area contributed by atoms with E-state index in [1.165, 1.54) is 0 Å². The molecule has 0 N–H and O–H groups in total. The number of hydrogen-bond donors (Lipinski definition) is 0. The van der Waals surface area contributed by atoms with Gasteiger partial charge >= 0.3 is 0 Å². The molecule has 0 radical (unpaired) electrons. The molecular weight excluding hydrogens is 152 g/mol. The quantitative estimate of drug-likeness (QED) is 0.539. The largest absolute Gasteiger partial charge is 0.299 e. The predicted octanol–water partition coefficient (Wildman–Crippen LogP) is 1.19. The van der Waals surface area contributed by atoms with Crippen molar-refractivity contribution in [2.24, 2.45) is 23.7 Å². The topological polar surface area (TPSA) is 34.1 Å². The average molecular weight is 164 g/mol. The summed E-state index contributed by atoms with van der Waals surface area (Å²) in [7, 11) is 0. The van der Waals surface area contributed by atoms with Gasteiger partial charge < -0.3 is 0 Å². The van der Waals surface area contributed by atoms with Gasteiger partial charge in [-0.05, 0) is 25.7 Å². The van der Waals surface area contributed by atoms with Crippen LogP contribution < -0.4 is 0 Å². The predicted molar refractivity (Wildman–Crippen MR) is 42.4 cm³/mol. The monoisotopic (exact) mass is 164 g/mol. The third-order valence-electron chi connectivity index (χ3n) is 4.01. The van der Waals surface area contributed by atoms with Crippen LogP contribution in [-0.4, -0.2) is 11.6 Å². The van der Waals surface area contributed by atoms with Gasteiger partial charge in [-0.1, -0.05) is 0 Å². The second-order valence-corrected chi connectivity index (χ2v) is 4.39. The third-order valence-corrected chi connectivity index (χ3v) is 4.01. The maximum Gasteiger partial charge on any atom is 0.140 e. The lowest BCUT2D eigenvalue weighted by Gasteiger charge is -2.23. The normalized spacial score (nSPS) is 50.3. The molecule has 0 aliphatic heterocycles. The van der Waals surface area contributed by atoms with Crippen LogP contribution in [0.25, 0.3) is 0 Å². The number of hydrogen-bond acceptors (Lipinski definition) is 2. The molecule has 0 amide bonds. The summed E-state index contributed by atoms with van der Waals surface area (Å²) in [5.41, 5.74) is 0. The van der Waals surface area contributed by atoms with E-state index in [0.717, 1.165) is 25.7 Å². The highest BCUT2D eigenvalue weighted by Gasteiger charge is 2.56. The van der Waals surface area contributed by atoms with Crippen LogP contribution in [0.3, 0.4) is 0 Å². The van der Waals surface area contributed by atoms with Crippen LogP contribution in [0.4, 0.5) is 0 Å². The van der Waals surface area contributed by atoms with Crippen molar-refractivity contribution in [3.05, 3.63) is 0 Å². The zero-order chi connectivity index (χ0) is 8.29. The van der Waals surface area contributed by atoms with Crippen molar-refractivity contribution in [1.29, 1.82) is 0 Å². The van der Waals surface area contributed by atoms with Crippen LogP contribution in [0.5, 0.6) is 0 Å². The molecule has 0 aromatic rings. The van der Waals surface area contributed by atoms with Crippen LogP contribution in [0.1, 0.15) is 25.7 Å². The number of fused-ring (bicyclic) bond motifs is 6. The Labute approximate surface area is 71.3 Å². The van der Waals surface area contributed by atoms with E-state index in [2.05, 4.69) is 0 Å². The van der Waals surface area contributed by atoms with Gasteiger partial charge in [0.15, 0.2) is 0 Å². The standard InChI is InChI=1S/C10H12O2/c11-9-5-1-2-6(9)8-4-3-7(5)10(8)12/h5-8H,1-4H2. The fraction of sp³-hybridized carbons (Fsp3) is 0.800. The van der Waals surface area contributed by atoms with Crippen molar-refractivity contribution < 1.29 is 9.59 Å². The summed E-state index contributed by atoms with van der Waals surface area (Å²) in [6.07, 6.45) is 3.99. The van der Waals surface area contributed by atoms with Gasteiger partial charge in [0, 0.05) is 23.7 Å². The van der Waals surface area contributed by atoms with E-state index < -0.39 is 0 Å². The summed E-state index contributed by atoms with van der Waals surface area (Å²) in [6.45, 7) is 0. The Morgan fingerprint density at radius 1 is 0.667 bits per heavy atom. The summed E-state index contributed by atoms with van der Waals surface area (Å²) in [4.78, 5) is 23.3. The Morgan fingerprint density at radius 3 is 1.17 bits per heavy atom. The van der Waals surface area contributed by atoms with E-state index in [4.69, 9.17) is 0 Å². The molecule has 2 heteroatoms. The summed E-state index contributed by atoms with van der Waals surface area (Å²) in [5, 5.41) is 0. The number of rotatable bonds is 0. The highest BCUT2D eigenvalue weighted by atomic mass is 16.1. The first-order valence-corrected chi connectivity index (χ1v) is 4.86. The molecule has 0 heterocycles. The van der Waals surface area contributed by atoms with Crippen molar-refractivity contribution in [2.45, 2.75) is 25.7 Å². The summed E-state index contributed by atoms with van der Waals surface area (Å²) in [6, 6.07) is 0. The molecule has 3 aliphatic carbocycles. The second-order valence-electron chi connectivity index (χ2n) is 4.39. The fourth-order valence-corrected chi connectivity index (χ4v) is 3.44. The van der Waals surface area contributed by atoms with E-state index in [-0.39, 0.29) is 23.7 Å². The lowest BCUT2D eigenvalue weighted by Crippen LogP contribution is -2.36. The second kappa shape index (κ2) is 1.98. The van der Waals surface area contributed by atoms with Crippen LogP contribution in [0, 0.1) is 23.7 Å². The number of Topliss-reactive ketones (excluding diaryl/α,β-unsaturated/α-hetero) is 2. The highest BCUT2D eigenvalue weighted by Crippen LogP contribution is 2.51. The van der Waals surface area contributed by atoms with E-state index in [1.54, 1.807) is 0 Å². The first-order chi connectivity index (χ1) is 5.79. The molecule has 64 valence electrons. The molecule has 4 unspecified atom stereocenters. The van der Waals surface area contributed by atoms with Crippen LogP contribution in [-0.2, 0) is 9.59 Å². The summed E-state index contributed by atoms with van der Waals surface area (Å²) in [5.74, 6) is 1.40. The summed E-state index contributed by atoms with van der Waals surface area (Å²) >= 11 is 0. The molecule has 0 aromatic carbocycles. The molecule has 3 fully saturated rings. The zero-order valence-corrected chi connectivity index (χ0v) is 6.95. The molecule has 12 heavy (non-hydrogen) atoms. The molecule has 0 saturated heterocycles. The van der Waals surface area contributed by atoms with Gasteiger partial charge in [-0.25, -0.2) is 0 Å². The first-order valence-electron chi connectivity index (χ1n) is 4.86. The fourth-order valence-electron chi connectivity index (χ4n) is 3.44. The molecule has 3 aliphatic rings. The maximum atomic E-state index is 11.6. The molecule has 3 saturated carbocycles. The van der Waals surface area contributed by atoms with Crippen molar-refractivity contribution in [2.75, 3.05) is 0 Å². The van der Waals surface area contributed by atoms with Crippen molar-refractivity contribution >= 4 is 11.6 Å². The van der Waals surface area contributed by atoms with Crippen molar-refractivity contribution in [1.82, 2.24) is 0 Å².